The van der Waals surface area contributed by atoms with E-state index in [-0.39, 0.29) is 19.8 Å². The molecule has 0 unspecified atom stereocenters. The lowest BCUT2D eigenvalue weighted by atomic mass is 9.80. The fourth-order valence-electron chi connectivity index (χ4n) is 2.92. The van der Waals surface area contributed by atoms with Crippen LogP contribution in [0.2, 0.25) is 0 Å². The molecular weight excluding hydrogens is 358 g/mol. The first kappa shape index (κ1) is 21.7. The predicted octanol–water partition coefficient (Wildman–Crippen LogP) is 4.06. The molecule has 3 N–H and O–H groups in total. The molecule has 6 heteroatoms. The lowest BCUT2D eigenvalue weighted by Crippen LogP contribution is -2.29. The van der Waals surface area contributed by atoms with Crippen molar-refractivity contribution in [3.8, 4) is 5.75 Å². The third kappa shape index (κ3) is 6.25. The summed E-state index contributed by atoms with van der Waals surface area (Å²) in [5.41, 5.74) is 2.00. The van der Waals surface area contributed by atoms with E-state index in [4.69, 9.17) is 14.6 Å². The topological polar surface area (TPSA) is 88.0 Å². The number of aliphatic hydroxyl groups excluding tert-OH is 2. The maximum atomic E-state index is 12.5. The molecule has 1 atom stereocenters. The summed E-state index contributed by atoms with van der Waals surface area (Å²) in [6, 6.07) is 14.7. The Morgan fingerprint density at radius 1 is 1.11 bits per heavy atom. The Morgan fingerprint density at radius 3 is 2.46 bits per heavy atom. The van der Waals surface area contributed by atoms with E-state index < -0.39 is 17.6 Å². The van der Waals surface area contributed by atoms with E-state index in [0.717, 1.165) is 11.1 Å². The van der Waals surface area contributed by atoms with Gasteiger partial charge in [0.05, 0.1) is 6.61 Å². The Morgan fingerprint density at radius 2 is 1.82 bits per heavy atom. The zero-order valence-electron chi connectivity index (χ0n) is 16.6. The third-order valence-electron chi connectivity index (χ3n) is 4.51. The second-order valence-electron chi connectivity index (χ2n) is 7.38. The molecule has 0 aliphatic rings. The van der Waals surface area contributed by atoms with Crippen LogP contribution in [-0.4, -0.2) is 36.1 Å². The van der Waals surface area contributed by atoms with Gasteiger partial charge in [0.2, 0.25) is 0 Å². The van der Waals surface area contributed by atoms with Gasteiger partial charge >= 0.3 is 6.09 Å². The fraction of sp³-hybridized carbons (Fsp3) is 0.409. The number of hydrogen-bond acceptors (Lipinski definition) is 5. The summed E-state index contributed by atoms with van der Waals surface area (Å²) in [4.78, 5) is 12.5. The minimum atomic E-state index is -0.595. The highest BCUT2D eigenvalue weighted by Gasteiger charge is 2.34. The first-order valence-electron chi connectivity index (χ1n) is 9.34. The number of amides is 1. The summed E-state index contributed by atoms with van der Waals surface area (Å²) < 4.78 is 11.3. The van der Waals surface area contributed by atoms with E-state index in [9.17, 15) is 9.90 Å². The van der Waals surface area contributed by atoms with Gasteiger partial charge in [-0.05, 0) is 43.2 Å². The number of nitrogens with one attached hydrogen (secondary N) is 1. The molecule has 0 aliphatic heterocycles. The highest BCUT2D eigenvalue weighted by atomic mass is 16.6. The molecule has 2 aromatic carbocycles. The molecule has 0 aromatic heterocycles. The smallest absolute Gasteiger partial charge is 0.412 e. The fourth-order valence-corrected chi connectivity index (χ4v) is 2.92. The summed E-state index contributed by atoms with van der Waals surface area (Å²) >= 11 is 0. The van der Waals surface area contributed by atoms with Crippen molar-refractivity contribution < 1.29 is 24.5 Å². The van der Waals surface area contributed by atoms with Crippen LogP contribution in [0.3, 0.4) is 0 Å². The number of carbonyl (C=O) groups is 1. The summed E-state index contributed by atoms with van der Waals surface area (Å²) in [5, 5.41) is 21.2. The van der Waals surface area contributed by atoms with Gasteiger partial charge in [-0.2, -0.15) is 0 Å². The quantitative estimate of drug-likeness (QED) is 0.604. The molecule has 0 heterocycles. The SMILES string of the molecule is Cc1ccc(NC(=O)O[C@H](c2cccc(OCCO)c2)C(C)(C)CCO)cc1. The van der Waals surface area contributed by atoms with Crippen molar-refractivity contribution in [3.05, 3.63) is 59.7 Å². The van der Waals surface area contributed by atoms with Crippen LogP contribution in [0.1, 0.15) is 37.5 Å². The van der Waals surface area contributed by atoms with Crippen LogP contribution >= 0.6 is 0 Å². The van der Waals surface area contributed by atoms with E-state index in [2.05, 4.69) is 5.32 Å². The summed E-state index contributed by atoms with van der Waals surface area (Å²) in [7, 11) is 0. The van der Waals surface area contributed by atoms with Crippen LogP contribution in [0.4, 0.5) is 10.5 Å². The van der Waals surface area contributed by atoms with E-state index in [1.54, 1.807) is 12.1 Å². The molecule has 0 bridgehead atoms. The van der Waals surface area contributed by atoms with Gasteiger partial charge in [-0.15, -0.1) is 0 Å². The van der Waals surface area contributed by atoms with E-state index in [1.165, 1.54) is 0 Å². The van der Waals surface area contributed by atoms with Crippen LogP contribution in [0.25, 0.3) is 0 Å². The normalized spacial score (nSPS) is 12.3. The first-order valence-corrected chi connectivity index (χ1v) is 9.34. The lowest BCUT2D eigenvalue weighted by molar-refractivity contribution is 0.0150. The average Bonchev–Trinajstić information content (AvgIpc) is 2.66. The van der Waals surface area contributed by atoms with E-state index in [0.29, 0.717) is 17.9 Å². The van der Waals surface area contributed by atoms with Crippen LogP contribution in [0.15, 0.2) is 48.5 Å². The summed E-state index contributed by atoms with van der Waals surface area (Å²) in [6.45, 7) is 5.93. The molecule has 2 aromatic rings. The van der Waals surface area contributed by atoms with Crippen LogP contribution in [0, 0.1) is 12.3 Å². The van der Waals surface area contributed by atoms with Gasteiger partial charge in [0, 0.05) is 17.7 Å². The van der Waals surface area contributed by atoms with Crippen molar-refractivity contribution in [2.24, 2.45) is 5.41 Å². The van der Waals surface area contributed by atoms with Crippen molar-refractivity contribution in [2.75, 3.05) is 25.1 Å². The van der Waals surface area contributed by atoms with E-state index >= 15 is 0 Å². The van der Waals surface area contributed by atoms with Crippen molar-refractivity contribution in [1.82, 2.24) is 0 Å². The standard InChI is InChI=1S/C22H29NO5/c1-16-7-9-18(10-8-16)23-21(26)28-20(22(2,3)11-12-24)17-5-4-6-19(15-17)27-14-13-25/h4-10,15,20,24-25H,11-14H2,1-3H3,(H,23,26)/t20-/m1/s1. The Bertz CT molecular complexity index is 758. The molecule has 0 saturated heterocycles. The largest absolute Gasteiger partial charge is 0.491 e. The minimum Gasteiger partial charge on any atom is -0.491 e. The number of aryl methyl sites for hydroxylation is 1. The number of anilines is 1. The number of aliphatic hydroxyl groups is 2. The molecule has 0 saturated carbocycles. The average molecular weight is 387 g/mol. The Hall–Kier alpha value is -2.57. The van der Waals surface area contributed by atoms with Crippen molar-refractivity contribution in [2.45, 2.75) is 33.3 Å². The maximum absolute atomic E-state index is 12.5. The highest BCUT2D eigenvalue weighted by Crippen LogP contribution is 2.40. The number of carbonyl (C=O) groups excluding carboxylic acids is 1. The van der Waals surface area contributed by atoms with E-state index in [1.807, 2.05) is 57.2 Å². The highest BCUT2D eigenvalue weighted by molar-refractivity contribution is 5.84. The number of hydrogen-bond donors (Lipinski definition) is 3. The molecule has 2 rings (SSSR count). The van der Waals surface area contributed by atoms with Crippen LogP contribution < -0.4 is 10.1 Å². The Balaban J connectivity index is 2.22. The first-order chi connectivity index (χ1) is 13.4. The molecule has 0 aliphatic carbocycles. The molecule has 28 heavy (non-hydrogen) atoms. The number of benzene rings is 2. The second-order valence-corrected chi connectivity index (χ2v) is 7.38. The van der Waals surface area contributed by atoms with Crippen LogP contribution in [-0.2, 0) is 4.74 Å². The Labute approximate surface area is 166 Å². The van der Waals surface area contributed by atoms with Gasteiger partial charge in [0.1, 0.15) is 18.5 Å². The molecule has 0 spiro atoms. The van der Waals surface area contributed by atoms with Gasteiger partial charge in [0.25, 0.3) is 0 Å². The van der Waals surface area contributed by atoms with Crippen LogP contribution in [0.5, 0.6) is 5.75 Å². The van der Waals surface area contributed by atoms with Gasteiger partial charge in [-0.3, -0.25) is 5.32 Å². The number of ether oxygens (including phenoxy) is 2. The molecule has 0 radical (unpaired) electrons. The van der Waals surface area contributed by atoms with Gasteiger partial charge in [0.15, 0.2) is 0 Å². The predicted molar refractivity (Wildman–Crippen MR) is 109 cm³/mol. The molecule has 6 nitrogen and oxygen atoms in total. The summed E-state index contributed by atoms with van der Waals surface area (Å²) in [5.74, 6) is 0.582. The molecular formula is C22H29NO5. The van der Waals surface area contributed by atoms with Gasteiger partial charge in [-0.1, -0.05) is 43.7 Å². The monoisotopic (exact) mass is 387 g/mol. The Kier molecular flexibility index (Phi) is 7.84. The minimum absolute atomic E-state index is 0.0207. The molecule has 152 valence electrons. The van der Waals surface area contributed by atoms with Crippen molar-refractivity contribution in [1.29, 1.82) is 0 Å². The van der Waals surface area contributed by atoms with Crippen molar-refractivity contribution in [3.63, 3.8) is 0 Å². The van der Waals surface area contributed by atoms with Crippen molar-refractivity contribution >= 4 is 11.8 Å². The second kappa shape index (κ2) is 10.1. The van der Waals surface area contributed by atoms with Gasteiger partial charge in [-0.25, -0.2) is 4.79 Å². The zero-order valence-corrected chi connectivity index (χ0v) is 16.6. The lowest BCUT2D eigenvalue weighted by Gasteiger charge is -2.34. The summed E-state index contributed by atoms with van der Waals surface area (Å²) in [6.07, 6.45) is -0.707. The van der Waals surface area contributed by atoms with Gasteiger partial charge < -0.3 is 19.7 Å². The third-order valence-corrected chi connectivity index (χ3v) is 4.51. The maximum Gasteiger partial charge on any atom is 0.412 e. The zero-order chi connectivity index (χ0) is 20.6. The molecule has 1 amide bonds. The number of rotatable bonds is 9. The molecule has 0 fully saturated rings.